The van der Waals surface area contributed by atoms with Crippen molar-refractivity contribution >= 4 is 11.1 Å². The van der Waals surface area contributed by atoms with E-state index in [1.807, 2.05) is 30.5 Å². The van der Waals surface area contributed by atoms with Gasteiger partial charge in [0.15, 0.2) is 0 Å². The molecule has 0 atom stereocenters. The molecule has 0 fully saturated rings. The van der Waals surface area contributed by atoms with Gasteiger partial charge >= 0.3 is 0 Å². The second kappa shape index (κ2) is 10.9. The number of fused-ring (bicyclic) bond motifs is 1. The van der Waals surface area contributed by atoms with E-state index in [1.54, 1.807) is 12.1 Å². The minimum absolute atomic E-state index is 0. The maximum absolute atomic E-state index is 10.5. The van der Waals surface area contributed by atoms with Crippen LogP contribution in [0.3, 0.4) is 0 Å². The molecule has 3 aromatic carbocycles. The van der Waals surface area contributed by atoms with Crippen LogP contribution in [0.4, 0.5) is 0 Å². The second-order valence-corrected chi connectivity index (χ2v) is 13.7. The third-order valence-electron chi connectivity index (χ3n) is 7.40. The van der Waals surface area contributed by atoms with Gasteiger partial charge in [0.25, 0.3) is 0 Å². The summed E-state index contributed by atoms with van der Waals surface area (Å²) < 4.78 is 6.17. The van der Waals surface area contributed by atoms with Crippen molar-refractivity contribution in [1.82, 2.24) is 9.97 Å². The number of aromatic nitrogens is 2. The number of nitrogens with zero attached hydrogens (tertiary/aromatic N) is 2. The molecule has 0 saturated heterocycles. The maximum Gasteiger partial charge on any atom is 0.230 e. The summed E-state index contributed by atoms with van der Waals surface area (Å²) in [7, 11) is 0. The van der Waals surface area contributed by atoms with Crippen molar-refractivity contribution in [3.63, 3.8) is 0 Å². The van der Waals surface area contributed by atoms with E-state index in [0.29, 0.717) is 17.0 Å². The van der Waals surface area contributed by atoms with Crippen LogP contribution in [0.5, 0.6) is 5.75 Å². The Morgan fingerprint density at radius 2 is 1.34 bits per heavy atom. The Morgan fingerprint density at radius 3 is 1.98 bits per heavy atom. The van der Waals surface area contributed by atoms with E-state index in [4.69, 9.17) is 14.4 Å². The summed E-state index contributed by atoms with van der Waals surface area (Å²) in [6, 6.07) is 23.6. The first-order valence-electron chi connectivity index (χ1n) is 13.9. The first-order chi connectivity index (χ1) is 18.6. The van der Waals surface area contributed by atoms with Gasteiger partial charge in [0.1, 0.15) is 11.3 Å². The SMILES string of the molecule is CC(C)(C)c1ccnc(-c2[c-]c(-c3cccc4oc(-c5ccccc5O)nc34)c(C(C)(C)C)cc2C(C)(C)C)c1.[Pt]. The molecule has 0 radical (unpaired) electrons. The van der Waals surface area contributed by atoms with Gasteiger partial charge in [-0.1, -0.05) is 104 Å². The fraction of sp³-hybridized carbons (Fsp3) is 0.333. The molecular weight excluding hydrogens is 687 g/mol. The quantitative estimate of drug-likeness (QED) is 0.188. The predicted octanol–water partition coefficient (Wildman–Crippen LogP) is 9.62. The number of rotatable bonds is 3. The number of para-hydroxylation sites is 2. The molecule has 0 saturated carbocycles. The number of phenols is 1. The molecular formula is C36H39N2O2Pt-. The Bertz CT molecular complexity index is 1710. The first-order valence-corrected chi connectivity index (χ1v) is 13.9. The summed E-state index contributed by atoms with van der Waals surface area (Å²) in [6.45, 7) is 20.1. The van der Waals surface area contributed by atoms with Crippen molar-refractivity contribution in [3.05, 3.63) is 89.6 Å². The Kier molecular flexibility index (Phi) is 8.15. The van der Waals surface area contributed by atoms with Crippen molar-refractivity contribution in [2.24, 2.45) is 0 Å². The van der Waals surface area contributed by atoms with Crippen LogP contribution in [-0.2, 0) is 37.3 Å². The zero-order valence-corrected chi connectivity index (χ0v) is 27.7. The molecule has 2 heterocycles. The molecule has 1 N–H and O–H groups in total. The summed E-state index contributed by atoms with van der Waals surface area (Å²) >= 11 is 0. The average molecular weight is 727 g/mol. The monoisotopic (exact) mass is 726 g/mol. The van der Waals surface area contributed by atoms with Crippen molar-refractivity contribution in [2.45, 2.75) is 78.6 Å². The Balaban J connectivity index is 0.00000387. The van der Waals surface area contributed by atoms with Crippen LogP contribution in [0.15, 0.2) is 71.3 Å². The molecule has 0 unspecified atom stereocenters. The summed E-state index contributed by atoms with van der Waals surface area (Å²) in [4.78, 5) is 9.75. The van der Waals surface area contributed by atoms with Gasteiger partial charge in [-0.05, 0) is 46.1 Å². The number of oxazole rings is 1. The smallest absolute Gasteiger partial charge is 0.230 e. The Morgan fingerprint density at radius 1 is 0.707 bits per heavy atom. The molecule has 0 amide bonds. The van der Waals surface area contributed by atoms with E-state index in [-0.39, 0.29) is 43.1 Å². The fourth-order valence-electron chi connectivity index (χ4n) is 5.10. The van der Waals surface area contributed by atoms with Crippen molar-refractivity contribution in [3.8, 4) is 39.6 Å². The van der Waals surface area contributed by atoms with Gasteiger partial charge in [0, 0.05) is 33.0 Å². The molecule has 0 spiro atoms. The largest absolute Gasteiger partial charge is 0.507 e. The van der Waals surface area contributed by atoms with E-state index in [9.17, 15) is 5.11 Å². The number of hydrogen-bond acceptors (Lipinski definition) is 4. The number of pyridine rings is 1. The topological polar surface area (TPSA) is 59.2 Å². The van der Waals surface area contributed by atoms with Gasteiger partial charge in [-0.15, -0.1) is 28.8 Å². The van der Waals surface area contributed by atoms with Crippen LogP contribution in [-0.4, -0.2) is 15.1 Å². The van der Waals surface area contributed by atoms with Crippen LogP contribution >= 0.6 is 0 Å². The van der Waals surface area contributed by atoms with E-state index in [2.05, 4.69) is 92.6 Å². The van der Waals surface area contributed by atoms with E-state index in [1.165, 1.54) is 16.7 Å². The third-order valence-corrected chi connectivity index (χ3v) is 7.40. The van der Waals surface area contributed by atoms with Gasteiger partial charge in [-0.2, -0.15) is 0 Å². The van der Waals surface area contributed by atoms with Gasteiger partial charge in [0.2, 0.25) is 5.89 Å². The number of hydrogen-bond donors (Lipinski definition) is 1. The molecule has 41 heavy (non-hydrogen) atoms. The Hall–Kier alpha value is -3.23. The number of benzene rings is 3. The molecule has 5 rings (SSSR count). The second-order valence-electron chi connectivity index (χ2n) is 13.7. The molecule has 0 aliphatic rings. The first kappa shape index (κ1) is 30.7. The van der Waals surface area contributed by atoms with E-state index >= 15 is 0 Å². The third kappa shape index (κ3) is 6.04. The standard InChI is InChI=1S/C36H39N2O2.Pt/c1-34(2,3)22-17-18-37-29(19-22)26-20-25(27(35(4,5)6)21-28(26)36(7,8)9)23-14-12-16-31-32(23)38-33(40-31)24-13-10-11-15-30(24)39;/h10-19,21,39H,1-9H3;/q-1;. The fourth-order valence-corrected chi connectivity index (χ4v) is 5.10. The van der Waals surface area contributed by atoms with E-state index < -0.39 is 0 Å². The molecule has 0 aliphatic heterocycles. The molecule has 0 bridgehead atoms. The van der Waals surface area contributed by atoms with Crippen molar-refractivity contribution in [1.29, 1.82) is 0 Å². The van der Waals surface area contributed by atoms with Crippen LogP contribution in [0.1, 0.15) is 79.0 Å². The van der Waals surface area contributed by atoms with Crippen molar-refractivity contribution in [2.75, 3.05) is 0 Å². The summed E-state index contributed by atoms with van der Waals surface area (Å²) in [5, 5.41) is 10.5. The molecule has 4 nitrogen and oxygen atoms in total. The van der Waals surface area contributed by atoms with Gasteiger partial charge in [-0.25, -0.2) is 4.98 Å². The molecule has 0 aliphatic carbocycles. The van der Waals surface area contributed by atoms with E-state index in [0.717, 1.165) is 27.9 Å². The van der Waals surface area contributed by atoms with Crippen LogP contribution < -0.4 is 0 Å². The maximum atomic E-state index is 10.5. The van der Waals surface area contributed by atoms with Crippen molar-refractivity contribution < 1.29 is 30.6 Å². The molecule has 5 aromatic rings. The minimum atomic E-state index is -0.155. The Labute approximate surface area is 258 Å². The summed E-state index contributed by atoms with van der Waals surface area (Å²) in [6.07, 6.45) is 1.91. The zero-order chi connectivity index (χ0) is 29.0. The molecule has 2 aromatic heterocycles. The predicted molar refractivity (Wildman–Crippen MR) is 165 cm³/mol. The summed E-state index contributed by atoms with van der Waals surface area (Å²) in [5.74, 6) is 0.531. The van der Waals surface area contributed by atoms with Gasteiger partial charge in [-0.3, -0.25) is 4.98 Å². The normalized spacial score (nSPS) is 12.4. The van der Waals surface area contributed by atoms with Crippen LogP contribution in [0.25, 0.3) is 44.9 Å². The van der Waals surface area contributed by atoms with Crippen LogP contribution in [0, 0.1) is 6.07 Å². The average Bonchev–Trinajstić information content (AvgIpc) is 3.31. The van der Waals surface area contributed by atoms with Crippen LogP contribution in [0.2, 0.25) is 0 Å². The summed E-state index contributed by atoms with van der Waals surface area (Å²) in [5.41, 5.74) is 9.18. The molecule has 5 heteroatoms. The molecule has 216 valence electrons. The zero-order valence-electron chi connectivity index (χ0n) is 25.4. The number of aromatic hydroxyl groups is 1. The minimum Gasteiger partial charge on any atom is -0.507 e. The van der Waals surface area contributed by atoms with Gasteiger partial charge in [0.05, 0.1) is 11.1 Å². The number of phenolic OH excluding ortho intramolecular Hbond substituents is 1. The van der Waals surface area contributed by atoms with Gasteiger partial charge < -0.3 is 9.52 Å².